The molecule has 0 atom stereocenters. The van der Waals surface area contributed by atoms with Crippen LogP contribution in [0.4, 0.5) is 0 Å². The molecule has 1 aliphatic carbocycles. The third-order valence-corrected chi connectivity index (χ3v) is 6.28. The molecule has 132 valence electrons. The van der Waals surface area contributed by atoms with Crippen LogP contribution in [0, 0.1) is 11.3 Å². The Morgan fingerprint density at radius 3 is 2.00 bits per heavy atom. The van der Waals surface area contributed by atoms with E-state index in [1.165, 1.54) is 11.1 Å². The Morgan fingerprint density at radius 1 is 0.885 bits per heavy atom. The van der Waals surface area contributed by atoms with Crippen molar-refractivity contribution in [2.45, 2.75) is 57.2 Å². The average molecular weight is 345 g/mol. The fourth-order valence-corrected chi connectivity index (χ4v) is 3.92. The zero-order valence-corrected chi connectivity index (χ0v) is 15.9. The average Bonchev–Trinajstić information content (AvgIpc) is 3.10. The molecule has 2 aromatic carbocycles. The first-order chi connectivity index (χ1) is 12.3. The molecule has 1 aliphatic heterocycles. The molecule has 0 spiro atoms. The van der Waals surface area contributed by atoms with Crippen LogP contribution in [0.15, 0.2) is 48.5 Å². The van der Waals surface area contributed by atoms with Crippen LogP contribution in [0.1, 0.15) is 44.4 Å². The predicted molar refractivity (Wildman–Crippen MR) is 103 cm³/mol. The van der Waals surface area contributed by atoms with E-state index in [1.54, 1.807) is 0 Å². The van der Waals surface area contributed by atoms with Crippen LogP contribution < -0.4 is 5.46 Å². The Morgan fingerprint density at radius 2 is 1.46 bits per heavy atom. The lowest BCUT2D eigenvalue weighted by Gasteiger charge is -2.32. The summed E-state index contributed by atoms with van der Waals surface area (Å²) in [5.41, 5.74) is 3.32. The molecule has 4 heteroatoms. The molecule has 0 radical (unpaired) electrons. The summed E-state index contributed by atoms with van der Waals surface area (Å²) in [4.78, 5) is 0. The first-order valence-corrected chi connectivity index (χ1v) is 9.20. The Balaban J connectivity index is 1.68. The monoisotopic (exact) mass is 345 g/mol. The van der Waals surface area contributed by atoms with Gasteiger partial charge in [0, 0.05) is 0 Å². The summed E-state index contributed by atoms with van der Waals surface area (Å²) in [5.74, 6) is 0. The van der Waals surface area contributed by atoms with Crippen LogP contribution in [-0.4, -0.2) is 18.3 Å². The van der Waals surface area contributed by atoms with Crippen molar-refractivity contribution in [1.29, 1.82) is 5.26 Å². The van der Waals surface area contributed by atoms with Crippen molar-refractivity contribution in [3.63, 3.8) is 0 Å². The maximum Gasteiger partial charge on any atom is 0.494 e. The van der Waals surface area contributed by atoms with E-state index in [2.05, 4.69) is 58.0 Å². The summed E-state index contributed by atoms with van der Waals surface area (Å²) in [6.07, 6.45) is 1.51. The highest BCUT2D eigenvalue weighted by atomic mass is 16.7. The standard InChI is InChI=1S/C22H24BNO2/c1-20(2)21(3,4)26-23(25-20)19-11-7-10-18(12-19)22(15-24)13-16-8-5-6-9-17(16)14-22/h5-12H,13-14H2,1-4H3. The molecule has 26 heavy (non-hydrogen) atoms. The highest BCUT2D eigenvalue weighted by Crippen LogP contribution is 2.40. The van der Waals surface area contributed by atoms with Crippen LogP contribution in [0.5, 0.6) is 0 Å². The Hall–Kier alpha value is -2.09. The number of hydrogen-bond donors (Lipinski definition) is 0. The van der Waals surface area contributed by atoms with E-state index < -0.39 is 12.5 Å². The highest BCUT2D eigenvalue weighted by molar-refractivity contribution is 6.62. The summed E-state index contributed by atoms with van der Waals surface area (Å²) in [7, 11) is -0.403. The zero-order valence-electron chi connectivity index (χ0n) is 15.9. The predicted octanol–water partition coefficient (Wildman–Crippen LogP) is 3.55. The van der Waals surface area contributed by atoms with Gasteiger partial charge in [-0.15, -0.1) is 0 Å². The molecule has 3 nitrogen and oxygen atoms in total. The SMILES string of the molecule is CC1(C)OB(c2cccc(C3(C#N)Cc4ccccc4C3)c2)OC1(C)C. The molecule has 0 bridgehead atoms. The van der Waals surface area contributed by atoms with Gasteiger partial charge in [0.05, 0.1) is 22.7 Å². The van der Waals surface area contributed by atoms with E-state index in [0.717, 1.165) is 23.9 Å². The van der Waals surface area contributed by atoms with Crippen molar-refractivity contribution in [2.75, 3.05) is 0 Å². The second-order valence-electron chi connectivity index (χ2n) is 8.53. The first kappa shape index (κ1) is 17.3. The van der Waals surface area contributed by atoms with Gasteiger partial charge in [-0.2, -0.15) is 5.26 Å². The number of fused-ring (bicyclic) bond motifs is 1. The quantitative estimate of drug-likeness (QED) is 0.782. The van der Waals surface area contributed by atoms with E-state index in [0.29, 0.717) is 0 Å². The molecule has 0 amide bonds. The minimum atomic E-state index is -0.511. The van der Waals surface area contributed by atoms with Crippen LogP contribution in [0.25, 0.3) is 0 Å². The number of nitrogens with zero attached hydrogens (tertiary/aromatic N) is 1. The van der Waals surface area contributed by atoms with Gasteiger partial charge in [0.2, 0.25) is 0 Å². The van der Waals surface area contributed by atoms with Crippen LogP contribution in [0.3, 0.4) is 0 Å². The lowest BCUT2D eigenvalue weighted by molar-refractivity contribution is 0.00578. The number of hydrogen-bond acceptors (Lipinski definition) is 3. The molecule has 2 aromatic rings. The fraction of sp³-hybridized carbons (Fsp3) is 0.409. The van der Waals surface area contributed by atoms with Crippen molar-refractivity contribution in [2.24, 2.45) is 0 Å². The van der Waals surface area contributed by atoms with Gasteiger partial charge in [0.15, 0.2) is 0 Å². The third-order valence-electron chi connectivity index (χ3n) is 6.28. The van der Waals surface area contributed by atoms with Gasteiger partial charge in [-0.3, -0.25) is 0 Å². The van der Waals surface area contributed by atoms with Crippen molar-refractivity contribution >= 4 is 12.6 Å². The summed E-state index contributed by atoms with van der Waals surface area (Å²) >= 11 is 0. The topological polar surface area (TPSA) is 42.2 Å². The number of benzene rings is 2. The molecular weight excluding hydrogens is 321 g/mol. The van der Waals surface area contributed by atoms with Crippen molar-refractivity contribution in [3.05, 3.63) is 65.2 Å². The Bertz CT molecular complexity index is 856. The summed E-state index contributed by atoms with van der Waals surface area (Å²) < 4.78 is 12.4. The molecule has 1 heterocycles. The van der Waals surface area contributed by atoms with Crippen molar-refractivity contribution in [1.82, 2.24) is 0 Å². The van der Waals surface area contributed by atoms with Gasteiger partial charge < -0.3 is 9.31 Å². The zero-order chi connectivity index (χ0) is 18.6. The molecule has 1 saturated heterocycles. The number of rotatable bonds is 2. The van der Waals surface area contributed by atoms with E-state index in [9.17, 15) is 5.26 Å². The van der Waals surface area contributed by atoms with E-state index in [4.69, 9.17) is 9.31 Å². The lowest BCUT2D eigenvalue weighted by Crippen LogP contribution is -2.41. The van der Waals surface area contributed by atoms with Gasteiger partial charge in [-0.1, -0.05) is 48.5 Å². The largest absolute Gasteiger partial charge is 0.494 e. The Kier molecular flexibility index (Phi) is 3.80. The van der Waals surface area contributed by atoms with Gasteiger partial charge in [-0.05, 0) is 62.7 Å². The maximum atomic E-state index is 10.1. The molecule has 0 unspecified atom stereocenters. The Labute approximate surface area is 156 Å². The minimum absolute atomic E-state index is 0.371. The normalized spacial score (nSPS) is 22.0. The minimum Gasteiger partial charge on any atom is -0.399 e. The molecule has 0 aromatic heterocycles. The molecule has 1 fully saturated rings. The lowest BCUT2D eigenvalue weighted by atomic mass is 9.73. The van der Waals surface area contributed by atoms with Crippen LogP contribution in [-0.2, 0) is 27.6 Å². The summed E-state index contributed by atoms with van der Waals surface area (Å²) in [6.45, 7) is 8.23. The van der Waals surface area contributed by atoms with Crippen molar-refractivity contribution in [3.8, 4) is 6.07 Å². The maximum absolute atomic E-state index is 10.1. The van der Waals surface area contributed by atoms with Gasteiger partial charge in [0.1, 0.15) is 0 Å². The highest BCUT2D eigenvalue weighted by Gasteiger charge is 2.52. The summed E-state index contributed by atoms with van der Waals surface area (Å²) in [6, 6.07) is 19.2. The molecule has 2 aliphatic rings. The molecular formula is C22H24BNO2. The van der Waals surface area contributed by atoms with E-state index in [-0.39, 0.29) is 11.2 Å². The van der Waals surface area contributed by atoms with Crippen LogP contribution >= 0.6 is 0 Å². The van der Waals surface area contributed by atoms with Gasteiger partial charge in [-0.25, -0.2) is 0 Å². The van der Waals surface area contributed by atoms with Crippen molar-refractivity contribution < 1.29 is 9.31 Å². The van der Waals surface area contributed by atoms with Gasteiger partial charge in [0.25, 0.3) is 0 Å². The summed E-state index contributed by atoms with van der Waals surface area (Å²) in [5, 5.41) is 10.1. The molecule has 4 rings (SSSR count). The van der Waals surface area contributed by atoms with E-state index >= 15 is 0 Å². The molecule has 0 N–H and O–H groups in total. The van der Waals surface area contributed by atoms with Gasteiger partial charge >= 0.3 is 7.12 Å². The third kappa shape index (κ3) is 2.58. The second kappa shape index (κ2) is 5.71. The second-order valence-corrected chi connectivity index (χ2v) is 8.53. The molecule has 0 saturated carbocycles. The number of nitriles is 1. The fourth-order valence-electron chi connectivity index (χ4n) is 3.92. The first-order valence-electron chi connectivity index (χ1n) is 9.20. The smallest absolute Gasteiger partial charge is 0.399 e. The van der Waals surface area contributed by atoms with E-state index in [1.807, 2.05) is 24.3 Å². The van der Waals surface area contributed by atoms with Crippen LogP contribution in [0.2, 0.25) is 0 Å².